The first kappa shape index (κ1) is 7.38. The van der Waals surface area contributed by atoms with Crippen molar-refractivity contribution in [1.82, 2.24) is 15.3 Å². The molecule has 0 aliphatic carbocycles. The van der Waals surface area contributed by atoms with Crippen LogP contribution < -0.4 is 5.32 Å². The summed E-state index contributed by atoms with van der Waals surface area (Å²) in [4.78, 5) is 7.30. The molecule has 62 valence electrons. The molecule has 12 heavy (non-hydrogen) atoms. The second-order valence-electron chi connectivity index (χ2n) is 2.98. The van der Waals surface area contributed by atoms with Gasteiger partial charge in [-0.25, -0.2) is 4.98 Å². The lowest BCUT2D eigenvalue weighted by molar-refractivity contribution is 0.612. The molecule has 1 aliphatic rings. The minimum absolute atomic E-state index is 0.382. The molecule has 1 fully saturated rings. The second-order valence-corrected chi connectivity index (χ2v) is 2.98. The van der Waals surface area contributed by atoms with Crippen LogP contribution in [0.3, 0.4) is 0 Å². The fourth-order valence-electron chi connectivity index (χ4n) is 1.50. The summed E-state index contributed by atoms with van der Waals surface area (Å²) in [6.07, 6.45) is 9.29. The number of aromatic amines is 1. The molecule has 2 N–H and O–H groups in total. The highest BCUT2D eigenvalue weighted by Crippen LogP contribution is 2.19. The molecule has 0 bridgehead atoms. The average molecular weight is 161 g/mol. The third-order valence-corrected chi connectivity index (χ3v) is 2.14. The molecule has 2 heterocycles. The predicted molar refractivity (Wildman–Crippen MR) is 46.5 cm³/mol. The summed E-state index contributed by atoms with van der Waals surface area (Å²) in [6.45, 7) is 1.08. The Balaban J connectivity index is 2.17. The third-order valence-electron chi connectivity index (χ3n) is 2.14. The molecule has 1 saturated heterocycles. The fourth-order valence-corrected chi connectivity index (χ4v) is 1.50. The number of rotatable bonds is 1. The van der Waals surface area contributed by atoms with Crippen molar-refractivity contribution in [2.75, 3.05) is 6.54 Å². The third kappa shape index (κ3) is 1.21. The van der Waals surface area contributed by atoms with Gasteiger partial charge < -0.3 is 10.3 Å². The molecule has 1 aromatic heterocycles. The molecule has 0 spiro atoms. The van der Waals surface area contributed by atoms with Crippen LogP contribution in [0.4, 0.5) is 0 Å². The van der Waals surface area contributed by atoms with Crippen LogP contribution in [0.15, 0.2) is 6.20 Å². The van der Waals surface area contributed by atoms with Crippen LogP contribution in [-0.4, -0.2) is 16.5 Å². The van der Waals surface area contributed by atoms with E-state index in [1.165, 1.54) is 6.42 Å². The van der Waals surface area contributed by atoms with Crippen LogP contribution in [0, 0.1) is 12.3 Å². The molecule has 1 atom stereocenters. The molecule has 0 saturated carbocycles. The van der Waals surface area contributed by atoms with Crippen molar-refractivity contribution in [2.24, 2.45) is 0 Å². The Kier molecular flexibility index (Phi) is 1.84. The van der Waals surface area contributed by atoms with E-state index < -0.39 is 0 Å². The number of imidazole rings is 1. The molecular formula is C9H11N3. The lowest BCUT2D eigenvalue weighted by Gasteiger charge is -2.04. The van der Waals surface area contributed by atoms with Crippen LogP contribution >= 0.6 is 0 Å². The Hall–Kier alpha value is -1.27. The highest BCUT2D eigenvalue weighted by Gasteiger charge is 2.18. The molecule has 1 unspecified atom stereocenters. The number of hydrogen-bond donors (Lipinski definition) is 2. The van der Waals surface area contributed by atoms with Gasteiger partial charge in [0.25, 0.3) is 0 Å². The molecule has 0 radical (unpaired) electrons. The SMILES string of the molecule is C#Cc1cnc(C2CCCN2)[nH]1. The van der Waals surface area contributed by atoms with Gasteiger partial charge in [0.2, 0.25) is 0 Å². The number of H-pyrrole nitrogens is 1. The van der Waals surface area contributed by atoms with Crippen LogP contribution in [0.1, 0.15) is 30.4 Å². The molecule has 2 rings (SSSR count). The summed E-state index contributed by atoms with van der Waals surface area (Å²) in [7, 11) is 0. The number of hydrogen-bond acceptors (Lipinski definition) is 2. The van der Waals surface area contributed by atoms with Gasteiger partial charge in [0.05, 0.1) is 12.2 Å². The molecule has 1 aliphatic heterocycles. The largest absolute Gasteiger partial charge is 0.334 e. The zero-order chi connectivity index (χ0) is 8.39. The summed E-state index contributed by atoms with van der Waals surface area (Å²) in [5.41, 5.74) is 0.763. The van der Waals surface area contributed by atoms with E-state index in [1.807, 2.05) is 0 Å². The molecule has 0 aromatic carbocycles. The first-order valence-corrected chi connectivity index (χ1v) is 4.15. The van der Waals surface area contributed by atoms with E-state index in [9.17, 15) is 0 Å². The van der Waals surface area contributed by atoms with Gasteiger partial charge in [0.1, 0.15) is 11.5 Å². The van der Waals surface area contributed by atoms with E-state index >= 15 is 0 Å². The van der Waals surface area contributed by atoms with Gasteiger partial charge in [0.15, 0.2) is 0 Å². The number of aromatic nitrogens is 2. The van der Waals surface area contributed by atoms with Crippen LogP contribution in [-0.2, 0) is 0 Å². The highest BCUT2D eigenvalue weighted by molar-refractivity contribution is 5.23. The summed E-state index contributed by atoms with van der Waals surface area (Å²) in [5, 5.41) is 3.35. The fraction of sp³-hybridized carbons (Fsp3) is 0.444. The van der Waals surface area contributed by atoms with Crippen molar-refractivity contribution in [2.45, 2.75) is 18.9 Å². The van der Waals surface area contributed by atoms with E-state index in [-0.39, 0.29) is 0 Å². The standard InChI is InChI=1S/C9H11N3/c1-2-7-6-11-9(12-7)8-4-3-5-10-8/h1,6,8,10H,3-5H2,(H,11,12). The van der Waals surface area contributed by atoms with E-state index in [0.29, 0.717) is 6.04 Å². The molecule has 3 nitrogen and oxygen atoms in total. The van der Waals surface area contributed by atoms with Crippen LogP contribution in [0.25, 0.3) is 0 Å². The van der Waals surface area contributed by atoms with E-state index in [2.05, 4.69) is 21.2 Å². The zero-order valence-corrected chi connectivity index (χ0v) is 6.80. The molecule has 1 aromatic rings. The summed E-state index contributed by atoms with van der Waals surface area (Å²) in [5.74, 6) is 3.50. The zero-order valence-electron chi connectivity index (χ0n) is 6.80. The first-order valence-electron chi connectivity index (χ1n) is 4.15. The van der Waals surface area contributed by atoms with E-state index in [0.717, 1.165) is 24.5 Å². The predicted octanol–water partition coefficient (Wildman–Crippen LogP) is 0.815. The lowest BCUT2D eigenvalue weighted by atomic mass is 10.2. The first-order chi connectivity index (χ1) is 5.90. The van der Waals surface area contributed by atoms with E-state index in [4.69, 9.17) is 6.42 Å². The minimum atomic E-state index is 0.382. The van der Waals surface area contributed by atoms with Gasteiger partial charge in [-0.05, 0) is 19.4 Å². The number of terminal acetylenes is 1. The van der Waals surface area contributed by atoms with Crippen LogP contribution in [0.2, 0.25) is 0 Å². The summed E-state index contributed by atoms with van der Waals surface area (Å²) in [6, 6.07) is 0.382. The Bertz CT molecular complexity index is 302. The van der Waals surface area contributed by atoms with Crippen molar-refractivity contribution in [3.05, 3.63) is 17.7 Å². The van der Waals surface area contributed by atoms with Crippen molar-refractivity contribution in [3.63, 3.8) is 0 Å². The van der Waals surface area contributed by atoms with Crippen molar-refractivity contribution in [1.29, 1.82) is 0 Å². The topological polar surface area (TPSA) is 40.7 Å². The maximum atomic E-state index is 5.22. The van der Waals surface area contributed by atoms with Gasteiger partial charge >= 0.3 is 0 Å². The van der Waals surface area contributed by atoms with E-state index in [1.54, 1.807) is 6.20 Å². The number of nitrogens with zero attached hydrogens (tertiary/aromatic N) is 1. The van der Waals surface area contributed by atoms with Gasteiger partial charge in [-0.15, -0.1) is 6.42 Å². The molecule has 0 amide bonds. The van der Waals surface area contributed by atoms with Gasteiger partial charge in [-0.2, -0.15) is 0 Å². The Labute approximate surface area is 71.6 Å². The molecular weight excluding hydrogens is 150 g/mol. The average Bonchev–Trinajstić information content (AvgIpc) is 2.75. The summed E-state index contributed by atoms with van der Waals surface area (Å²) < 4.78 is 0. The van der Waals surface area contributed by atoms with Gasteiger partial charge in [-0.3, -0.25) is 0 Å². The Morgan fingerprint density at radius 3 is 3.17 bits per heavy atom. The van der Waals surface area contributed by atoms with Crippen molar-refractivity contribution < 1.29 is 0 Å². The van der Waals surface area contributed by atoms with Crippen molar-refractivity contribution >= 4 is 0 Å². The Morgan fingerprint density at radius 1 is 1.67 bits per heavy atom. The second kappa shape index (κ2) is 3.00. The lowest BCUT2D eigenvalue weighted by Crippen LogP contribution is -2.14. The monoisotopic (exact) mass is 161 g/mol. The van der Waals surface area contributed by atoms with Gasteiger partial charge in [-0.1, -0.05) is 5.92 Å². The maximum absolute atomic E-state index is 5.22. The van der Waals surface area contributed by atoms with Crippen LogP contribution in [0.5, 0.6) is 0 Å². The quantitative estimate of drug-likeness (QED) is 0.598. The minimum Gasteiger partial charge on any atom is -0.334 e. The Morgan fingerprint density at radius 2 is 2.58 bits per heavy atom. The molecule has 3 heteroatoms. The smallest absolute Gasteiger partial charge is 0.124 e. The normalized spacial score (nSPS) is 22.4. The maximum Gasteiger partial charge on any atom is 0.124 e. The number of nitrogens with one attached hydrogen (secondary N) is 2. The van der Waals surface area contributed by atoms with Gasteiger partial charge in [0, 0.05) is 0 Å². The summed E-state index contributed by atoms with van der Waals surface area (Å²) >= 11 is 0. The highest BCUT2D eigenvalue weighted by atomic mass is 15.0. The van der Waals surface area contributed by atoms with Crippen molar-refractivity contribution in [3.8, 4) is 12.3 Å².